The van der Waals surface area contributed by atoms with Crippen molar-refractivity contribution in [3.63, 3.8) is 0 Å². The van der Waals surface area contributed by atoms with Crippen LogP contribution in [0.15, 0.2) is 48.0 Å². The molecule has 0 bridgehead atoms. The van der Waals surface area contributed by atoms with Crippen molar-refractivity contribution in [3.8, 4) is 23.3 Å². The lowest BCUT2D eigenvalue weighted by molar-refractivity contribution is 0.104. The van der Waals surface area contributed by atoms with Gasteiger partial charge < -0.3 is 14.2 Å². The lowest BCUT2D eigenvalue weighted by Crippen LogP contribution is -2.15. The Morgan fingerprint density at radius 2 is 1.83 bits per heavy atom. The number of rotatable bonds is 4. The number of nitrogens with zero attached hydrogens (tertiary/aromatic N) is 1. The van der Waals surface area contributed by atoms with Crippen molar-refractivity contribution in [3.05, 3.63) is 59.2 Å². The van der Waals surface area contributed by atoms with Crippen LogP contribution in [0.25, 0.3) is 6.08 Å². The molecule has 0 N–H and O–H groups in total. The highest BCUT2D eigenvalue weighted by atomic mass is 16.6. The van der Waals surface area contributed by atoms with Crippen LogP contribution >= 0.6 is 0 Å². The third kappa shape index (κ3) is 3.23. The molecule has 0 radical (unpaired) electrons. The first kappa shape index (κ1) is 15.6. The minimum Gasteiger partial charge on any atom is -0.497 e. The Hall–Kier alpha value is -3.26. The van der Waals surface area contributed by atoms with Gasteiger partial charge >= 0.3 is 0 Å². The highest BCUT2D eigenvalue weighted by molar-refractivity contribution is 6.14. The summed E-state index contributed by atoms with van der Waals surface area (Å²) in [5.74, 6) is 1.60. The van der Waals surface area contributed by atoms with Crippen LogP contribution in [0.1, 0.15) is 15.9 Å². The Bertz CT molecular complexity index is 831. The van der Waals surface area contributed by atoms with E-state index in [1.807, 2.05) is 6.07 Å². The number of benzene rings is 2. The number of hydrogen-bond acceptors (Lipinski definition) is 5. The van der Waals surface area contributed by atoms with E-state index in [9.17, 15) is 10.1 Å². The summed E-state index contributed by atoms with van der Waals surface area (Å²) < 4.78 is 16.0. The minimum atomic E-state index is -0.338. The number of carbonyl (C=O) groups is 1. The SMILES string of the molecule is COc1ccc(C(=O)C(C#N)=Cc2ccc3c(c2)OCCO3)cc1. The molecule has 0 aromatic heterocycles. The molecule has 2 aromatic rings. The van der Waals surface area contributed by atoms with Crippen LogP contribution in [-0.4, -0.2) is 26.1 Å². The lowest BCUT2D eigenvalue weighted by Gasteiger charge is -2.18. The number of fused-ring (bicyclic) bond motifs is 1. The van der Waals surface area contributed by atoms with Crippen molar-refractivity contribution in [2.75, 3.05) is 20.3 Å². The van der Waals surface area contributed by atoms with Crippen LogP contribution in [0.3, 0.4) is 0 Å². The molecule has 1 aliphatic heterocycles. The van der Waals surface area contributed by atoms with Gasteiger partial charge in [-0.3, -0.25) is 4.79 Å². The summed E-state index contributed by atoms with van der Waals surface area (Å²) in [5, 5.41) is 9.34. The monoisotopic (exact) mass is 321 g/mol. The molecular formula is C19H15NO4. The number of ketones is 1. The normalized spacial score (nSPS) is 13.1. The van der Waals surface area contributed by atoms with Gasteiger partial charge in [-0.25, -0.2) is 0 Å². The molecule has 0 atom stereocenters. The summed E-state index contributed by atoms with van der Waals surface area (Å²) in [5.41, 5.74) is 1.19. The summed E-state index contributed by atoms with van der Waals surface area (Å²) in [6.07, 6.45) is 1.55. The molecule has 1 heterocycles. The van der Waals surface area contributed by atoms with Gasteiger partial charge in [0.2, 0.25) is 5.78 Å². The predicted octanol–water partition coefficient (Wildman–Crippen LogP) is 3.26. The molecular weight excluding hydrogens is 306 g/mol. The Labute approximate surface area is 139 Å². The zero-order chi connectivity index (χ0) is 16.9. The zero-order valence-corrected chi connectivity index (χ0v) is 13.1. The summed E-state index contributed by atoms with van der Waals surface area (Å²) in [6.45, 7) is 0.998. The number of methoxy groups -OCH3 is 1. The second-order valence-corrected chi connectivity index (χ2v) is 5.13. The fourth-order valence-corrected chi connectivity index (χ4v) is 2.36. The quantitative estimate of drug-likeness (QED) is 0.491. The standard InChI is InChI=1S/C19H15NO4/c1-22-16-5-3-14(4-6-16)19(21)15(12-20)10-13-2-7-17-18(11-13)24-9-8-23-17/h2-7,10-11H,8-9H2,1H3. The van der Waals surface area contributed by atoms with Crippen LogP contribution < -0.4 is 14.2 Å². The van der Waals surface area contributed by atoms with Crippen LogP contribution in [-0.2, 0) is 0 Å². The fraction of sp³-hybridized carbons (Fsp3) is 0.158. The molecule has 2 aromatic carbocycles. The van der Waals surface area contributed by atoms with Gasteiger partial charge in [-0.2, -0.15) is 5.26 Å². The Kier molecular flexibility index (Phi) is 4.48. The first-order valence-corrected chi connectivity index (χ1v) is 7.41. The van der Waals surface area contributed by atoms with Crippen molar-refractivity contribution in [2.45, 2.75) is 0 Å². The third-order valence-corrected chi connectivity index (χ3v) is 3.59. The maximum absolute atomic E-state index is 12.5. The molecule has 5 heteroatoms. The first-order valence-electron chi connectivity index (χ1n) is 7.41. The largest absolute Gasteiger partial charge is 0.497 e. The van der Waals surface area contributed by atoms with Crippen LogP contribution in [0.2, 0.25) is 0 Å². The van der Waals surface area contributed by atoms with Crippen LogP contribution in [0, 0.1) is 11.3 Å². The van der Waals surface area contributed by atoms with Crippen molar-refractivity contribution < 1.29 is 19.0 Å². The summed E-state index contributed by atoms with van der Waals surface area (Å²) in [4.78, 5) is 12.5. The van der Waals surface area contributed by atoms with Crippen molar-refractivity contribution >= 4 is 11.9 Å². The Balaban J connectivity index is 1.88. The molecule has 0 amide bonds. The van der Waals surface area contributed by atoms with Gasteiger partial charge in [-0.1, -0.05) is 6.07 Å². The van der Waals surface area contributed by atoms with Gasteiger partial charge in [0, 0.05) is 5.56 Å². The highest BCUT2D eigenvalue weighted by Gasteiger charge is 2.14. The van der Waals surface area contributed by atoms with E-state index >= 15 is 0 Å². The molecule has 5 nitrogen and oxygen atoms in total. The van der Waals surface area contributed by atoms with Gasteiger partial charge in [0.1, 0.15) is 30.6 Å². The number of Topliss-reactive ketones (excluding diaryl/α,β-unsaturated/α-hetero) is 1. The molecule has 0 unspecified atom stereocenters. The summed E-state index contributed by atoms with van der Waals surface area (Å²) in [7, 11) is 1.55. The molecule has 120 valence electrons. The maximum atomic E-state index is 12.5. The number of nitriles is 1. The lowest BCUT2D eigenvalue weighted by atomic mass is 10.0. The fourth-order valence-electron chi connectivity index (χ4n) is 2.36. The molecule has 0 aliphatic carbocycles. The van der Waals surface area contributed by atoms with E-state index < -0.39 is 0 Å². The van der Waals surface area contributed by atoms with E-state index in [2.05, 4.69) is 0 Å². The smallest absolute Gasteiger partial charge is 0.203 e. The molecule has 0 fully saturated rings. The zero-order valence-electron chi connectivity index (χ0n) is 13.1. The average molecular weight is 321 g/mol. The number of hydrogen-bond donors (Lipinski definition) is 0. The average Bonchev–Trinajstić information content (AvgIpc) is 2.65. The van der Waals surface area contributed by atoms with Crippen molar-refractivity contribution in [1.29, 1.82) is 5.26 Å². The molecule has 24 heavy (non-hydrogen) atoms. The van der Waals surface area contributed by atoms with Gasteiger partial charge in [-0.15, -0.1) is 0 Å². The molecule has 1 aliphatic rings. The van der Waals surface area contributed by atoms with Crippen molar-refractivity contribution in [1.82, 2.24) is 0 Å². The number of allylic oxidation sites excluding steroid dienone is 1. The summed E-state index contributed by atoms with van der Waals surface area (Å²) in [6, 6.07) is 13.9. The minimum absolute atomic E-state index is 0.0526. The molecule has 0 saturated heterocycles. The summed E-state index contributed by atoms with van der Waals surface area (Å²) >= 11 is 0. The van der Waals surface area contributed by atoms with Gasteiger partial charge in [0.25, 0.3) is 0 Å². The highest BCUT2D eigenvalue weighted by Crippen LogP contribution is 2.31. The van der Waals surface area contributed by atoms with E-state index in [1.54, 1.807) is 55.7 Å². The molecule has 0 saturated carbocycles. The van der Waals surface area contributed by atoms with Gasteiger partial charge in [-0.05, 0) is 48.0 Å². The van der Waals surface area contributed by atoms with Crippen LogP contribution in [0.5, 0.6) is 17.2 Å². The Morgan fingerprint density at radius 3 is 2.50 bits per heavy atom. The van der Waals surface area contributed by atoms with Gasteiger partial charge in [0.15, 0.2) is 11.5 Å². The topological polar surface area (TPSA) is 68.6 Å². The number of carbonyl (C=O) groups excluding carboxylic acids is 1. The number of ether oxygens (including phenoxy) is 3. The first-order chi connectivity index (χ1) is 11.7. The maximum Gasteiger partial charge on any atom is 0.203 e. The predicted molar refractivity (Wildman–Crippen MR) is 88.3 cm³/mol. The third-order valence-electron chi connectivity index (χ3n) is 3.59. The van der Waals surface area contributed by atoms with Crippen molar-refractivity contribution in [2.24, 2.45) is 0 Å². The second kappa shape index (κ2) is 6.88. The second-order valence-electron chi connectivity index (χ2n) is 5.13. The Morgan fingerprint density at radius 1 is 1.12 bits per heavy atom. The van der Waals surface area contributed by atoms with E-state index in [0.29, 0.717) is 41.6 Å². The van der Waals surface area contributed by atoms with E-state index in [-0.39, 0.29) is 11.4 Å². The molecule has 0 spiro atoms. The van der Waals surface area contributed by atoms with E-state index in [1.165, 1.54) is 0 Å². The van der Waals surface area contributed by atoms with Crippen LogP contribution in [0.4, 0.5) is 0 Å². The van der Waals surface area contributed by atoms with Gasteiger partial charge in [0.05, 0.1) is 7.11 Å². The molecule has 3 rings (SSSR count). The van der Waals surface area contributed by atoms with E-state index in [0.717, 1.165) is 0 Å². The van der Waals surface area contributed by atoms with E-state index in [4.69, 9.17) is 14.2 Å².